The van der Waals surface area contributed by atoms with Crippen LogP contribution in [-0.4, -0.2) is 107 Å². The molecule has 0 spiro atoms. The smallest absolute Gasteiger partial charge is 0.270 e. The van der Waals surface area contributed by atoms with Gasteiger partial charge in [0.15, 0.2) is 0 Å². The fourth-order valence-corrected chi connectivity index (χ4v) is 8.70. The average Bonchev–Trinajstić information content (AvgIpc) is 3.88. The van der Waals surface area contributed by atoms with Crippen molar-refractivity contribution in [1.29, 1.82) is 0 Å². The van der Waals surface area contributed by atoms with Crippen LogP contribution in [0.25, 0.3) is 11.0 Å². The molecule has 0 bridgehead atoms. The van der Waals surface area contributed by atoms with Gasteiger partial charge in [-0.2, -0.15) is 4.98 Å². The molecule has 1 aliphatic carbocycles. The number of halogens is 1. The van der Waals surface area contributed by atoms with Crippen LogP contribution in [0.4, 0.5) is 27.5 Å². The summed E-state index contributed by atoms with van der Waals surface area (Å²) in [5.41, 5.74) is 3.82. The summed E-state index contributed by atoms with van der Waals surface area (Å²) in [5, 5.41) is 6.36. The van der Waals surface area contributed by atoms with Gasteiger partial charge in [0, 0.05) is 82.2 Å². The fourth-order valence-electron chi connectivity index (χ4n) is 8.70. The van der Waals surface area contributed by atoms with E-state index in [1.165, 1.54) is 6.07 Å². The van der Waals surface area contributed by atoms with E-state index < -0.39 is 17.6 Å². The number of piperidine rings is 1. The van der Waals surface area contributed by atoms with Crippen molar-refractivity contribution in [2.75, 3.05) is 75.0 Å². The molecule has 298 valence electrons. The predicted octanol–water partition coefficient (Wildman–Crippen LogP) is 6.11. The number of carbonyl (C=O) groups is 3. The Labute approximate surface area is 328 Å². The van der Waals surface area contributed by atoms with Gasteiger partial charge in [-0.25, -0.2) is 14.4 Å². The Kier molecular flexibility index (Phi) is 12.4. The van der Waals surface area contributed by atoms with Crippen LogP contribution in [0.1, 0.15) is 92.7 Å². The first kappa shape index (κ1) is 39.1. The van der Waals surface area contributed by atoms with E-state index in [0.717, 1.165) is 113 Å². The summed E-state index contributed by atoms with van der Waals surface area (Å²) >= 11 is 0. The molecule has 0 radical (unpaired) electrons. The molecule has 3 aromatic heterocycles. The Morgan fingerprint density at radius 3 is 2.34 bits per heavy atom. The lowest BCUT2D eigenvalue weighted by atomic mass is 9.91. The van der Waals surface area contributed by atoms with Gasteiger partial charge in [-0.05, 0) is 87.4 Å². The van der Waals surface area contributed by atoms with Gasteiger partial charge in [-0.15, -0.1) is 0 Å². The van der Waals surface area contributed by atoms with Crippen molar-refractivity contribution in [3.8, 4) is 0 Å². The Balaban J connectivity index is 0.882. The Hall–Kier alpha value is -5.11. The lowest BCUT2D eigenvalue weighted by Gasteiger charge is -2.38. The molecule has 7 rings (SSSR count). The van der Waals surface area contributed by atoms with Crippen molar-refractivity contribution in [2.24, 2.45) is 5.92 Å². The number of fused-ring (bicyclic) bond motifs is 1. The predicted molar refractivity (Wildman–Crippen MR) is 217 cm³/mol. The maximum atomic E-state index is 14.9. The second-order valence-corrected chi connectivity index (χ2v) is 15.8. The first-order valence-corrected chi connectivity index (χ1v) is 20.3. The molecule has 13 nitrogen and oxygen atoms in total. The number of carbonyl (C=O) groups excluding carboxylic acids is 3. The number of nitrogens with zero attached hydrogens (tertiary/aromatic N) is 8. The Bertz CT molecular complexity index is 1980. The minimum absolute atomic E-state index is 0.0254. The van der Waals surface area contributed by atoms with Gasteiger partial charge in [0.1, 0.15) is 23.0 Å². The monoisotopic (exact) mass is 766 g/mol. The highest BCUT2D eigenvalue weighted by atomic mass is 19.1. The number of anilines is 4. The van der Waals surface area contributed by atoms with Gasteiger partial charge in [0.25, 0.3) is 5.91 Å². The van der Waals surface area contributed by atoms with Crippen LogP contribution in [0.15, 0.2) is 48.8 Å². The summed E-state index contributed by atoms with van der Waals surface area (Å²) in [6.07, 6.45) is 12.9. The van der Waals surface area contributed by atoms with E-state index in [-0.39, 0.29) is 11.9 Å². The third-order valence-electron chi connectivity index (χ3n) is 11.9. The molecule has 2 N–H and O–H groups in total. The van der Waals surface area contributed by atoms with Gasteiger partial charge < -0.3 is 24.6 Å². The topological polar surface area (TPSA) is 132 Å². The zero-order valence-electron chi connectivity index (χ0n) is 32.9. The van der Waals surface area contributed by atoms with E-state index in [2.05, 4.69) is 41.0 Å². The van der Waals surface area contributed by atoms with Crippen LogP contribution in [0.5, 0.6) is 0 Å². The number of nitrogens with one attached hydrogen (secondary N) is 2. The van der Waals surface area contributed by atoms with Gasteiger partial charge in [0.05, 0.1) is 17.8 Å². The van der Waals surface area contributed by atoms with Gasteiger partial charge in [0.2, 0.25) is 18.3 Å². The molecule has 3 aliphatic rings. The number of aromatic nitrogens is 4. The highest BCUT2D eigenvalue weighted by Gasteiger charge is 2.28. The Morgan fingerprint density at radius 1 is 0.929 bits per heavy atom. The molecule has 1 saturated carbocycles. The molecular weight excluding hydrogens is 712 g/mol. The van der Waals surface area contributed by atoms with E-state index in [1.54, 1.807) is 37.3 Å². The van der Waals surface area contributed by atoms with Crippen molar-refractivity contribution in [3.63, 3.8) is 0 Å². The largest absolute Gasteiger partial charge is 0.372 e. The number of pyridine rings is 1. The van der Waals surface area contributed by atoms with Gasteiger partial charge in [-0.1, -0.05) is 26.2 Å². The summed E-state index contributed by atoms with van der Waals surface area (Å²) in [6.45, 7) is 8.70. The number of hydrogen-bond acceptors (Lipinski definition) is 10. The number of benzene rings is 1. The van der Waals surface area contributed by atoms with Crippen molar-refractivity contribution in [3.05, 3.63) is 65.9 Å². The first-order chi connectivity index (χ1) is 27.2. The summed E-state index contributed by atoms with van der Waals surface area (Å²) in [4.78, 5) is 59.5. The van der Waals surface area contributed by atoms with Gasteiger partial charge in [-0.3, -0.25) is 24.6 Å². The fraction of sp³-hybridized carbons (Fsp3) is 0.524. The molecule has 56 heavy (non-hydrogen) atoms. The van der Waals surface area contributed by atoms with E-state index in [1.807, 2.05) is 25.3 Å². The van der Waals surface area contributed by atoms with Crippen LogP contribution >= 0.6 is 0 Å². The number of hydrogen-bond donors (Lipinski definition) is 2. The van der Waals surface area contributed by atoms with Gasteiger partial charge >= 0.3 is 0 Å². The lowest BCUT2D eigenvalue weighted by molar-refractivity contribution is -0.126. The first-order valence-electron chi connectivity index (χ1n) is 20.3. The van der Waals surface area contributed by atoms with Crippen LogP contribution in [0.2, 0.25) is 0 Å². The summed E-state index contributed by atoms with van der Waals surface area (Å²) in [6, 6.07) is 11.3. The molecule has 2 saturated heterocycles. The maximum absolute atomic E-state index is 14.9. The summed E-state index contributed by atoms with van der Waals surface area (Å²) in [7, 11) is 3.56. The minimum Gasteiger partial charge on any atom is -0.372 e. The van der Waals surface area contributed by atoms with Crippen molar-refractivity contribution < 1.29 is 18.8 Å². The third kappa shape index (κ3) is 8.80. The molecule has 1 atom stereocenters. The zero-order valence-corrected chi connectivity index (χ0v) is 32.9. The minimum atomic E-state index is -0.685. The van der Waals surface area contributed by atoms with E-state index in [9.17, 15) is 18.8 Å². The maximum Gasteiger partial charge on any atom is 0.270 e. The molecule has 5 heterocycles. The quantitative estimate of drug-likeness (QED) is 0.145. The van der Waals surface area contributed by atoms with E-state index in [4.69, 9.17) is 9.97 Å². The zero-order chi connectivity index (χ0) is 39.2. The number of amides is 3. The van der Waals surface area contributed by atoms with Crippen LogP contribution in [0, 0.1) is 11.7 Å². The van der Waals surface area contributed by atoms with Crippen LogP contribution in [-0.2, 0) is 9.59 Å². The molecule has 14 heteroatoms. The number of rotatable bonds is 14. The second-order valence-electron chi connectivity index (χ2n) is 15.8. The molecule has 4 aromatic rings. The lowest BCUT2D eigenvalue weighted by Crippen LogP contribution is -2.47. The summed E-state index contributed by atoms with van der Waals surface area (Å²) < 4.78 is 17.0. The number of imide groups is 1. The molecule has 2 aliphatic heterocycles. The standard InChI is InChI=1S/C42H55FN10O3/c1-4-7-34(40(55)46-28-54)35-25-32(10-12-36(35)43)51-18-15-29(16-19-51)14-17-50-20-22-52(23-21-50)33-11-13-38(44-27-33)47-42-45-26-30-24-37(41(56)49(2)3)53(39(30)48-42)31-8-5-6-9-31/h10-13,24-29,31,34H,4-9,14-23H2,1-3H3,(H,46,54,55)(H,44,45,47,48). The average molecular weight is 767 g/mol. The Morgan fingerprint density at radius 2 is 1.66 bits per heavy atom. The molecule has 3 fully saturated rings. The molecular formula is C42H55FN10O3. The summed E-state index contributed by atoms with van der Waals surface area (Å²) in [5.74, 6) is 0.191. The van der Waals surface area contributed by atoms with E-state index >= 15 is 0 Å². The third-order valence-corrected chi connectivity index (χ3v) is 11.9. The van der Waals surface area contributed by atoms with Crippen molar-refractivity contribution >= 4 is 52.4 Å². The van der Waals surface area contributed by atoms with Crippen LogP contribution in [0.3, 0.4) is 0 Å². The van der Waals surface area contributed by atoms with Crippen LogP contribution < -0.4 is 20.4 Å². The normalized spacial score (nSPS) is 17.6. The highest BCUT2D eigenvalue weighted by molar-refractivity contribution is 5.98. The second kappa shape index (κ2) is 17.8. The molecule has 1 aromatic carbocycles. The van der Waals surface area contributed by atoms with E-state index in [0.29, 0.717) is 48.2 Å². The number of piperazine rings is 1. The van der Waals surface area contributed by atoms with Crippen molar-refractivity contribution in [1.82, 2.24) is 34.6 Å². The van der Waals surface area contributed by atoms with Crippen molar-refractivity contribution in [2.45, 2.75) is 76.7 Å². The molecule has 1 unspecified atom stereocenters. The SMILES string of the molecule is CCCC(C(=O)NC=O)c1cc(N2CCC(CCN3CCN(c4ccc(Nc5ncc6cc(C(=O)N(C)C)n(C7CCCC7)c6n5)nc4)CC3)CC2)ccc1F. The highest BCUT2D eigenvalue weighted by Crippen LogP contribution is 2.35. The molecule has 3 amide bonds.